The average Bonchev–Trinajstić information content (AvgIpc) is 2.89. The molecule has 1 aliphatic rings. The van der Waals surface area contributed by atoms with E-state index in [0.29, 0.717) is 11.4 Å². The number of nitro benzene ring substituents is 1. The number of ether oxygens (including phenoxy) is 1. The lowest BCUT2D eigenvalue weighted by Gasteiger charge is -2.23. The van der Waals surface area contributed by atoms with Crippen molar-refractivity contribution in [3.05, 3.63) is 93.4 Å². The van der Waals surface area contributed by atoms with Crippen LogP contribution in [0, 0.1) is 15.9 Å². The summed E-state index contributed by atoms with van der Waals surface area (Å²) < 4.78 is 19.8. The SMILES string of the molecule is COc1ccccc1Nc1c2c(nc3ccc(NC(=O)c4cc([N+](=O)[O-])ccc4F)cc13)CCCC2. The van der Waals surface area contributed by atoms with E-state index in [1.165, 1.54) is 0 Å². The zero-order valence-electron chi connectivity index (χ0n) is 19.5. The van der Waals surface area contributed by atoms with Crippen molar-refractivity contribution >= 4 is 39.6 Å². The number of hydrogen-bond acceptors (Lipinski definition) is 6. The molecule has 5 rings (SSSR count). The number of aromatic nitrogens is 1. The molecule has 1 amide bonds. The summed E-state index contributed by atoms with van der Waals surface area (Å²) in [5, 5.41) is 18.1. The lowest BCUT2D eigenvalue weighted by atomic mass is 9.92. The minimum absolute atomic E-state index is 0.362. The molecule has 1 aliphatic carbocycles. The maximum absolute atomic E-state index is 14.3. The molecule has 182 valence electrons. The van der Waals surface area contributed by atoms with E-state index in [-0.39, 0.29) is 5.69 Å². The highest BCUT2D eigenvalue weighted by Gasteiger charge is 2.21. The van der Waals surface area contributed by atoms with E-state index in [1.807, 2.05) is 24.3 Å². The van der Waals surface area contributed by atoms with Crippen molar-refractivity contribution in [1.82, 2.24) is 4.98 Å². The summed E-state index contributed by atoms with van der Waals surface area (Å²) in [6, 6.07) is 15.7. The standard InChI is InChI=1S/C27H23FN4O4/c1-36-25-9-5-4-8-24(25)31-26-18-6-2-3-7-22(18)30-23-13-10-16(14-20(23)26)29-27(33)19-15-17(32(34)35)11-12-21(19)28/h4-5,8-15H,2-3,6-7H2,1H3,(H,29,33)(H,30,31). The Morgan fingerprint density at radius 3 is 2.69 bits per heavy atom. The first kappa shape index (κ1) is 23.2. The van der Waals surface area contributed by atoms with E-state index in [2.05, 4.69) is 10.6 Å². The Morgan fingerprint density at radius 1 is 1.08 bits per heavy atom. The Labute approximate surface area is 206 Å². The van der Waals surface area contributed by atoms with Crippen molar-refractivity contribution in [1.29, 1.82) is 0 Å². The predicted octanol–water partition coefficient (Wildman–Crippen LogP) is 6.17. The molecule has 9 heteroatoms. The number of nitrogens with zero attached hydrogens (tertiary/aromatic N) is 2. The van der Waals surface area contributed by atoms with Crippen LogP contribution < -0.4 is 15.4 Å². The summed E-state index contributed by atoms with van der Waals surface area (Å²) >= 11 is 0. The van der Waals surface area contributed by atoms with Gasteiger partial charge >= 0.3 is 0 Å². The van der Waals surface area contributed by atoms with Crippen LogP contribution >= 0.6 is 0 Å². The molecule has 3 aromatic carbocycles. The molecule has 0 atom stereocenters. The van der Waals surface area contributed by atoms with Gasteiger partial charge in [-0.15, -0.1) is 0 Å². The molecule has 0 bridgehead atoms. The molecule has 0 radical (unpaired) electrons. The highest BCUT2D eigenvalue weighted by molar-refractivity contribution is 6.06. The summed E-state index contributed by atoms with van der Waals surface area (Å²) in [6.07, 6.45) is 3.87. The Morgan fingerprint density at radius 2 is 1.89 bits per heavy atom. The number of carbonyl (C=O) groups is 1. The highest BCUT2D eigenvalue weighted by Crippen LogP contribution is 2.38. The molecular formula is C27H23FN4O4. The molecule has 8 nitrogen and oxygen atoms in total. The van der Waals surface area contributed by atoms with E-state index < -0.39 is 22.2 Å². The number of nitrogens with one attached hydrogen (secondary N) is 2. The normalized spacial score (nSPS) is 12.6. The minimum Gasteiger partial charge on any atom is -0.495 e. The zero-order chi connectivity index (χ0) is 25.2. The van der Waals surface area contributed by atoms with E-state index in [9.17, 15) is 19.3 Å². The Hall–Kier alpha value is -4.53. The molecule has 1 aromatic heterocycles. The molecule has 2 N–H and O–H groups in total. The second kappa shape index (κ2) is 9.61. The van der Waals surface area contributed by atoms with Crippen LogP contribution in [-0.4, -0.2) is 22.9 Å². The number of non-ortho nitro benzene ring substituents is 1. The number of aryl methyl sites for hydroxylation is 1. The van der Waals surface area contributed by atoms with E-state index >= 15 is 0 Å². The Kier molecular flexibility index (Phi) is 6.20. The summed E-state index contributed by atoms with van der Waals surface area (Å²) in [5.41, 5.74) is 4.26. The first-order chi connectivity index (χ1) is 17.4. The third-order valence-corrected chi connectivity index (χ3v) is 6.29. The quantitative estimate of drug-likeness (QED) is 0.250. The van der Waals surface area contributed by atoms with Crippen molar-refractivity contribution in [2.75, 3.05) is 17.7 Å². The molecule has 0 spiro atoms. The van der Waals surface area contributed by atoms with Crippen molar-refractivity contribution in [2.45, 2.75) is 25.7 Å². The second-order valence-corrected chi connectivity index (χ2v) is 8.55. The fraction of sp³-hybridized carbons (Fsp3) is 0.185. The molecule has 0 saturated carbocycles. The summed E-state index contributed by atoms with van der Waals surface area (Å²) in [5.74, 6) is -0.925. The van der Waals surface area contributed by atoms with Crippen molar-refractivity contribution < 1.29 is 18.8 Å². The van der Waals surface area contributed by atoms with Gasteiger partial charge < -0.3 is 15.4 Å². The minimum atomic E-state index is -0.840. The zero-order valence-corrected chi connectivity index (χ0v) is 19.5. The van der Waals surface area contributed by atoms with Gasteiger partial charge in [0.05, 0.1) is 34.5 Å². The van der Waals surface area contributed by atoms with E-state index in [0.717, 1.165) is 77.4 Å². The van der Waals surface area contributed by atoms with Gasteiger partial charge in [0.2, 0.25) is 0 Å². The molecule has 0 unspecified atom stereocenters. The van der Waals surface area contributed by atoms with Crippen LogP contribution in [0.25, 0.3) is 10.9 Å². The van der Waals surface area contributed by atoms with Gasteiger partial charge in [0.15, 0.2) is 0 Å². The van der Waals surface area contributed by atoms with E-state index in [1.54, 1.807) is 25.3 Å². The summed E-state index contributed by atoms with van der Waals surface area (Å²) in [6.45, 7) is 0. The van der Waals surface area contributed by atoms with Gasteiger partial charge in [-0.25, -0.2) is 4.39 Å². The summed E-state index contributed by atoms with van der Waals surface area (Å²) in [4.78, 5) is 28.1. The van der Waals surface area contributed by atoms with Gasteiger partial charge in [-0.05, 0) is 67.6 Å². The Bertz CT molecular complexity index is 1510. The van der Waals surface area contributed by atoms with Crippen LogP contribution in [0.2, 0.25) is 0 Å². The van der Waals surface area contributed by atoms with Crippen LogP contribution in [0.15, 0.2) is 60.7 Å². The molecule has 0 saturated heterocycles. The van der Waals surface area contributed by atoms with Crippen molar-refractivity contribution in [2.24, 2.45) is 0 Å². The van der Waals surface area contributed by atoms with Crippen molar-refractivity contribution in [3.8, 4) is 5.75 Å². The summed E-state index contributed by atoms with van der Waals surface area (Å²) in [7, 11) is 1.61. The number of amides is 1. The molecule has 0 aliphatic heterocycles. The number of carbonyl (C=O) groups excluding carboxylic acids is 1. The van der Waals surface area contributed by atoms with Crippen LogP contribution in [0.4, 0.5) is 27.1 Å². The third-order valence-electron chi connectivity index (χ3n) is 6.29. The number of hydrogen-bond donors (Lipinski definition) is 2. The van der Waals surface area contributed by atoms with Gasteiger partial charge in [0.1, 0.15) is 11.6 Å². The first-order valence-electron chi connectivity index (χ1n) is 11.6. The van der Waals surface area contributed by atoms with Crippen LogP contribution in [0.3, 0.4) is 0 Å². The van der Waals surface area contributed by atoms with Gasteiger partial charge in [0.25, 0.3) is 11.6 Å². The van der Waals surface area contributed by atoms with Crippen LogP contribution in [-0.2, 0) is 12.8 Å². The Balaban J connectivity index is 1.57. The maximum Gasteiger partial charge on any atom is 0.270 e. The van der Waals surface area contributed by atoms with Gasteiger partial charge in [-0.2, -0.15) is 0 Å². The number of nitro groups is 1. The lowest BCUT2D eigenvalue weighted by Crippen LogP contribution is -2.14. The number of fused-ring (bicyclic) bond motifs is 2. The highest BCUT2D eigenvalue weighted by atomic mass is 19.1. The largest absolute Gasteiger partial charge is 0.495 e. The smallest absolute Gasteiger partial charge is 0.270 e. The fourth-order valence-electron chi connectivity index (χ4n) is 4.53. The number of halogens is 1. The molecule has 0 fully saturated rings. The average molecular weight is 487 g/mol. The van der Waals surface area contributed by atoms with Crippen LogP contribution in [0.5, 0.6) is 5.75 Å². The molecule has 36 heavy (non-hydrogen) atoms. The number of methoxy groups -OCH3 is 1. The fourth-order valence-corrected chi connectivity index (χ4v) is 4.53. The van der Waals surface area contributed by atoms with E-state index in [4.69, 9.17) is 9.72 Å². The van der Waals surface area contributed by atoms with Crippen molar-refractivity contribution in [3.63, 3.8) is 0 Å². The van der Waals surface area contributed by atoms with Gasteiger partial charge in [-0.1, -0.05) is 12.1 Å². The number of pyridine rings is 1. The monoisotopic (exact) mass is 486 g/mol. The number of para-hydroxylation sites is 2. The predicted molar refractivity (Wildman–Crippen MR) is 136 cm³/mol. The van der Waals surface area contributed by atoms with Gasteiger partial charge in [-0.3, -0.25) is 19.9 Å². The molecular weight excluding hydrogens is 463 g/mol. The topological polar surface area (TPSA) is 106 Å². The van der Waals surface area contributed by atoms with Crippen LogP contribution in [0.1, 0.15) is 34.5 Å². The molecule has 4 aromatic rings. The number of rotatable bonds is 6. The van der Waals surface area contributed by atoms with Gasteiger partial charge in [0, 0.05) is 28.9 Å². The number of anilines is 3. The second-order valence-electron chi connectivity index (χ2n) is 8.55. The molecule has 1 heterocycles. The number of benzene rings is 3. The lowest BCUT2D eigenvalue weighted by molar-refractivity contribution is -0.384. The maximum atomic E-state index is 14.3. The first-order valence-corrected chi connectivity index (χ1v) is 11.6. The third kappa shape index (κ3) is 4.43.